The van der Waals surface area contributed by atoms with Crippen LogP contribution in [-0.4, -0.2) is 23.4 Å². The molecule has 1 amide bonds. The first-order chi connectivity index (χ1) is 10.3. The number of hydrogen-bond acceptors (Lipinski definition) is 2. The maximum absolute atomic E-state index is 12.3. The van der Waals surface area contributed by atoms with Crippen LogP contribution in [0.2, 0.25) is 0 Å². The van der Waals surface area contributed by atoms with Gasteiger partial charge in [-0.2, -0.15) is 0 Å². The van der Waals surface area contributed by atoms with Gasteiger partial charge in [0.25, 0.3) is 5.91 Å². The first-order valence-electron chi connectivity index (χ1n) is 6.70. The van der Waals surface area contributed by atoms with Gasteiger partial charge < -0.3 is 14.6 Å². The highest BCUT2D eigenvalue weighted by atomic mass is 19.4. The minimum atomic E-state index is -4.73. The Labute approximate surface area is 124 Å². The second kappa shape index (κ2) is 5.08. The molecule has 0 unspecified atom stereocenters. The van der Waals surface area contributed by atoms with Crippen molar-refractivity contribution in [3.05, 3.63) is 41.7 Å². The fourth-order valence-corrected chi connectivity index (χ4v) is 2.65. The van der Waals surface area contributed by atoms with E-state index in [0.29, 0.717) is 24.3 Å². The fraction of sp³-hybridized carbons (Fsp3) is 0.267. The quantitative estimate of drug-likeness (QED) is 0.926. The number of rotatable bonds is 2. The zero-order chi connectivity index (χ0) is 15.9. The average Bonchev–Trinajstić information content (AvgIpc) is 2.76. The van der Waals surface area contributed by atoms with Crippen molar-refractivity contribution >= 4 is 5.91 Å². The third kappa shape index (κ3) is 2.66. The summed E-state index contributed by atoms with van der Waals surface area (Å²) in [5.74, 6) is -0.457. The Kier molecular flexibility index (Phi) is 3.35. The predicted molar refractivity (Wildman–Crippen MR) is 73.6 cm³/mol. The maximum Gasteiger partial charge on any atom is 0.573 e. The SMILES string of the molecule is Cc1c(-c2cccc(OC(F)(F)F)c2)cc2n1CCNC2=O. The molecule has 2 heterocycles. The molecule has 1 N–H and O–H groups in total. The Hall–Kier alpha value is -2.44. The van der Waals surface area contributed by atoms with E-state index in [4.69, 9.17) is 0 Å². The van der Waals surface area contributed by atoms with Crippen LogP contribution in [0.15, 0.2) is 30.3 Å². The Morgan fingerprint density at radius 2 is 2.05 bits per heavy atom. The molecule has 3 rings (SSSR count). The van der Waals surface area contributed by atoms with Gasteiger partial charge in [-0.05, 0) is 30.7 Å². The van der Waals surface area contributed by atoms with Crippen molar-refractivity contribution in [2.45, 2.75) is 19.8 Å². The fourth-order valence-electron chi connectivity index (χ4n) is 2.65. The van der Waals surface area contributed by atoms with Crippen molar-refractivity contribution in [1.29, 1.82) is 0 Å². The molecule has 0 bridgehead atoms. The first-order valence-corrected chi connectivity index (χ1v) is 6.70. The van der Waals surface area contributed by atoms with E-state index in [1.54, 1.807) is 12.1 Å². The number of halogens is 3. The topological polar surface area (TPSA) is 43.3 Å². The van der Waals surface area contributed by atoms with E-state index in [9.17, 15) is 18.0 Å². The lowest BCUT2D eigenvalue weighted by atomic mass is 10.1. The summed E-state index contributed by atoms with van der Waals surface area (Å²) < 4.78 is 42.7. The highest BCUT2D eigenvalue weighted by molar-refractivity contribution is 5.95. The van der Waals surface area contributed by atoms with Gasteiger partial charge in [-0.1, -0.05) is 12.1 Å². The molecule has 0 radical (unpaired) electrons. The van der Waals surface area contributed by atoms with Crippen LogP contribution >= 0.6 is 0 Å². The van der Waals surface area contributed by atoms with Gasteiger partial charge in [-0.3, -0.25) is 4.79 Å². The number of fused-ring (bicyclic) bond motifs is 1. The van der Waals surface area contributed by atoms with Gasteiger partial charge in [0.1, 0.15) is 11.4 Å². The predicted octanol–water partition coefficient (Wildman–Crippen LogP) is 3.11. The largest absolute Gasteiger partial charge is 0.573 e. The standard InChI is InChI=1S/C15H13F3N2O2/c1-9-12(8-13-14(21)19-5-6-20(9)13)10-3-2-4-11(7-10)22-15(16,17)18/h2-4,7-8H,5-6H2,1H3,(H,19,21). The molecule has 0 saturated heterocycles. The minimum Gasteiger partial charge on any atom is -0.406 e. The van der Waals surface area contributed by atoms with Crippen LogP contribution < -0.4 is 10.1 Å². The third-order valence-corrected chi connectivity index (χ3v) is 3.60. The summed E-state index contributed by atoms with van der Waals surface area (Å²) in [6, 6.07) is 7.44. The number of aromatic nitrogens is 1. The molecule has 1 aromatic carbocycles. The van der Waals surface area contributed by atoms with Crippen LogP contribution in [0.4, 0.5) is 13.2 Å². The van der Waals surface area contributed by atoms with Gasteiger partial charge in [0.05, 0.1) is 0 Å². The molecule has 4 nitrogen and oxygen atoms in total. The summed E-state index contributed by atoms with van der Waals surface area (Å²) in [7, 11) is 0. The van der Waals surface area contributed by atoms with Gasteiger partial charge in [-0.15, -0.1) is 13.2 Å². The Morgan fingerprint density at radius 1 is 1.27 bits per heavy atom. The van der Waals surface area contributed by atoms with E-state index < -0.39 is 6.36 Å². The Bertz CT molecular complexity index is 735. The number of nitrogens with zero attached hydrogens (tertiary/aromatic N) is 1. The lowest BCUT2D eigenvalue weighted by Gasteiger charge is -2.17. The van der Waals surface area contributed by atoms with E-state index in [-0.39, 0.29) is 11.7 Å². The van der Waals surface area contributed by atoms with Crippen LogP contribution in [-0.2, 0) is 6.54 Å². The second-order valence-electron chi connectivity index (χ2n) is 5.01. The third-order valence-electron chi connectivity index (χ3n) is 3.60. The van der Waals surface area contributed by atoms with E-state index >= 15 is 0 Å². The number of carbonyl (C=O) groups is 1. The van der Waals surface area contributed by atoms with E-state index in [1.165, 1.54) is 18.2 Å². The Morgan fingerprint density at radius 3 is 2.73 bits per heavy atom. The number of ether oxygens (including phenoxy) is 1. The van der Waals surface area contributed by atoms with E-state index in [2.05, 4.69) is 10.1 Å². The molecule has 1 aliphatic rings. The molecule has 0 fully saturated rings. The number of amides is 1. The van der Waals surface area contributed by atoms with Gasteiger partial charge in [-0.25, -0.2) is 0 Å². The smallest absolute Gasteiger partial charge is 0.406 e. The molecular formula is C15H13F3N2O2. The summed E-state index contributed by atoms with van der Waals surface area (Å²) >= 11 is 0. The van der Waals surface area contributed by atoms with Crippen molar-refractivity contribution in [3.63, 3.8) is 0 Å². The average molecular weight is 310 g/mol. The van der Waals surface area contributed by atoms with Gasteiger partial charge in [0.15, 0.2) is 0 Å². The molecule has 2 aromatic rings. The molecule has 7 heteroatoms. The normalized spacial score (nSPS) is 14.5. The molecule has 0 atom stereocenters. The van der Waals surface area contributed by atoms with Crippen molar-refractivity contribution in [1.82, 2.24) is 9.88 Å². The van der Waals surface area contributed by atoms with Crippen LogP contribution in [0, 0.1) is 6.92 Å². The first kappa shape index (κ1) is 14.5. The zero-order valence-electron chi connectivity index (χ0n) is 11.7. The highest BCUT2D eigenvalue weighted by Crippen LogP contribution is 2.32. The summed E-state index contributed by atoms with van der Waals surface area (Å²) in [4.78, 5) is 11.8. The molecule has 0 spiro atoms. The van der Waals surface area contributed by atoms with E-state index in [1.807, 2.05) is 11.5 Å². The minimum absolute atomic E-state index is 0.178. The summed E-state index contributed by atoms with van der Waals surface area (Å²) in [5, 5.41) is 2.74. The van der Waals surface area contributed by atoms with Crippen LogP contribution in [0.25, 0.3) is 11.1 Å². The van der Waals surface area contributed by atoms with Crippen molar-refractivity contribution in [2.24, 2.45) is 0 Å². The van der Waals surface area contributed by atoms with Gasteiger partial charge in [0.2, 0.25) is 0 Å². The number of benzene rings is 1. The van der Waals surface area contributed by atoms with Gasteiger partial charge in [0, 0.05) is 24.3 Å². The molecule has 1 aromatic heterocycles. The molecule has 0 saturated carbocycles. The van der Waals surface area contributed by atoms with Crippen LogP contribution in [0.1, 0.15) is 16.2 Å². The van der Waals surface area contributed by atoms with Crippen molar-refractivity contribution < 1.29 is 22.7 Å². The molecule has 22 heavy (non-hydrogen) atoms. The second-order valence-corrected chi connectivity index (χ2v) is 5.01. The maximum atomic E-state index is 12.3. The molecule has 116 valence electrons. The van der Waals surface area contributed by atoms with Gasteiger partial charge >= 0.3 is 6.36 Å². The molecular weight excluding hydrogens is 297 g/mol. The highest BCUT2D eigenvalue weighted by Gasteiger charge is 2.31. The molecule has 1 aliphatic heterocycles. The van der Waals surface area contributed by atoms with Crippen molar-refractivity contribution in [3.8, 4) is 16.9 Å². The number of carbonyl (C=O) groups excluding carboxylic acids is 1. The zero-order valence-corrected chi connectivity index (χ0v) is 11.7. The number of nitrogens with one attached hydrogen (secondary N) is 1. The molecule has 0 aliphatic carbocycles. The van der Waals surface area contributed by atoms with E-state index in [0.717, 1.165) is 11.3 Å². The monoisotopic (exact) mass is 310 g/mol. The number of alkyl halides is 3. The summed E-state index contributed by atoms with van der Waals surface area (Å²) in [6.07, 6.45) is -4.73. The number of hydrogen-bond donors (Lipinski definition) is 1. The lowest BCUT2D eigenvalue weighted by molar-refractivity contribution is -0.274. The summed E-state index contributed by atoms with van der Waals surface area (Å²) in [5.41, 5.74) is 2.66. The van der Waals surface area contributed by atoms with Crippen LogP contribution in [0.3, 0.4) is 0 Å². The lowest BCUT2D eigenvalue weighted by Crippen LogP contribution is -2.35. The summed E-state index contributed by atoms with van der Waals surface area (Å²) in [6.45, 7) is 3.03. The Balaban J connectivity index is 2.02. The van der Waals surface area contributed by atoms with Crippen molar-refractivity contribution in [2.75, 3.05) is 6.54 Å². The van der Waals surface area contributed by atoms with Crippen LogP contribution in [0.5, 0.6) is 5.75 Å².